The predicted octanol–water partition coefficient (Wildman–Crippen LogP) is 3.11. The molecule has 4 nitrogen and oxygen atoms in total. The Morgan fingerprint density at radius 3 is 2.50 bits per heavy atom. The van der Waals surface area contributed by atoms with Crippen molar-refractivity contribution in [3.05, 3.63) is 24.3 Å². The van der Waals surface area contributed by atoms with E-state index >= 15 is 0 Å². The van der Waals surface area contributed by atoms with Crippen molar-refractivity contribution in [3.8, 4) is 0 Å². The number of para-hydroxylation sites is 2. The third-order valence-corrected chi connectivity index (χ3v) is 3.25. The highest BCUT2D eigenvalue weighted by atomic mass is 35.5. The minimum absolute atomic E-state index is 0. The number of nitrogens with zero attached hydrogens (tertiary/aromatic N) is 1. The van der Waals surface area contributed by atoms with Gasteiger partial charge in [0.1, 0.15) is 6.54 Å². The smallest absolute Gasteiger partial charge is 0.325 e. The number of carbonyl (C=O) groups is 1. The van der Waals surface area contributed by atoms with Crippen LogP contribution >= 0.6 is 24.8 Å². The first-order chi connectivity index (χ1) is 8.81. The predicted molar refractivity (Wildman–Crippen MR) is 87.5 cm³/mol. The number of carbonyl (C=O) groups excluding carboxylic acids is 1. The minimum atomic E-state index is -0.247. The van der Waals surface area contributed by atoms with Gasteiger partial charge in [-0.2, -0.15) is 0 Å². The molecule has 0 spiro atoms. The number of anilines is 2. The number of piperidine rings is 1. The minimum Gasteiger partial charge on any atom is -0.468 e. The molecule has 20 heavy (non-hydrogen) atoms. The van der Waals surface area contributed by atoms with E-state index < -0.39 is 0 Å². The maximum Gasteiger partial charge on any atom is 0.325 e. The van der Waals surface area contributed by atoms with Crippen molar-refractivity contribution in [2.45, 2.75) is 19.3 Å². The van der Waals surface area contributed by atoms with Crippen LogP contribution in [0.4, 0.5) is 11.4 Å². The number of ether oxygens (including phenoxy) is 1. The Kier molecular flexibility index (Phi) is 9.17. The molecule has 2 rings (SSSR count). The molecule has 0 amide bonds. The second-order valence-corrected chi connectivity index (χ2v) is 4.49. The molecule has 0 aliphatic carbocycles. The fourth-order valence-electron chi connectivity index (χ4n) is 2.27. The van der Waals surface area contributed by atoms with Gasteiger partial charge in [0.2, 0.25) is 0 Å². The first-order valence-corrected chi connectivity index (χ1v) is 6.46. The highest BCUT2D eigenvalue weighted by Crippen LogP contribution is 2.27. The molecule has 1 aromatic rings. The van der Waals surface area contributed by atoms with Gasteiger partial charge in [0.05, 0.1) is 18.5 Å². The van der Waals surface area contributed by atoms with Gasteiger partial charge < -0.3 is 15.0 Å². The lowest BCUT2D eigenvalue weighted by Gasteiger charge is -2.30. The van der Waals surface area contributed by atoms with Crippen LogP contribution in [0, 0.1) is 0 Å². The lowest BCUT2D eigenvalue weighted by Crippen LogP contribution is -2.30. The fraction of sp³-hybridized carbons (Fsp3) is 0.500. The summed E-state index contributed by atoms with van der Waals surface area (Å²) >= 11 is 0. The summed E-state index contributed by atoms with van der Waals surface area (Å²) < 4.78 is 4.64. The Bertz CT molecular complexity index is 410. The summed E-state index contributed by atoms with van der Waals surface area (Å²) in [4.78, 5) is 13.6. The lowest BCUT2D eigenvalue weighted by atomic mass is 10.1. The van der Waals surface area contributed by atoms with E-state index in [0.29, 0.717) is 0 Å². The Morgan fingerprint density at radius 1 is 1.20 bits per heavy atom. The van der Waals surface area contributed by atoms with E-state index in [1.54, 1.807) is 0 Å². The van der Waals surface area contributed by atoms with Gasteiger partial charge >= 0.3 is 5.97 Å². The number of nitrogens with one attached hydrogen (secondary N) is 1. The van der Waals surface area contributed by atoms with Gasteiger partial charge in [-0.25, -0.2) is 0 Å². The number of benzene rings is 1. The van der Waals surface area contributed by atoms with Crippen LogP contribution in [0.25, 0.3) is 0 Å². The maximum absolute atomic E-state index is 11.2. The van der Waals surface area contributed by atoms with Crippen LogP contribution in [-0.4, -0.2) is 32.7 Å². The number of esters is 1. The highest BCUT2D eigenvalue weighted by molar-refractivity contribution is 5.85. The fourth-order valence-corrected chi connectivity index (χ4v) is 2.27. The van der Waals surface area contributed by atoms with E-state index in [4.69, 9.17) is 0 Å². The van der Waals surface area contributed by atoms with Crippen molar-refractivity contribution in [1.82, 2.24) is 0 Å². The molecule has 1 aromatic carbocycles. The van der Waals surface area contributed by atoms with E-state index in [1.807, 2.05) is 18.2 Å². The van der Waals surface area contributed by atoms with Gasteiger partial charge in [0.15, 0.2) is 0 Å². The number of rotatable bonds is 4. The van der Waals surface area contributed by atoms with Crippen LogP contribution in [0.5, 0.6) is 0 Å². The van der Waals surface area contributed by atoms with Crippen LogP contribution in [0.1, 0.15) is 19.3 Å². The molecule has 0 saturated carbocycles. The second-order valence-electron chi connectivity index (χ2n) is 4.49. The van der Waals surface area contributed by atoms with Gasteiger partial charge in [-0.1, -0.05) is 12.1 Å². The Balaban J connectivity index is 0.00000180. The molecule has 0 unspecified atom stereocenters. The molecule has 0 bridgehead atoms. The molecular weight excluding hydrogens is 299 g/mol. The molecule has 1 aliphatic heterocycles. The molecule has 1 aliphatic rings. The van der Waals surface area contributed by atoms with Crippen molar-refractivity contribution < 1.29 is 9.53 Å². The van der Waals surface area contributed by atoms with Gasteiger partial charge in [-0.05, 0) is 31.4 Å². The third-order valence-electron chi connectivity index (χ3n) is 3.25. The van der Waals surface area contributed by atoms with Crippen molar-refractivity contribution in [2.24, 2.45) is 0 Å². The molecule has 6 heteroatoms. The van der Waals surface area contributed by atoms with Crippen molar-refractivity contribution in [2.75, 3.05) is 37.0 Å². The molecule has 1 heterocycles. The maximum atomic E-state index is 11.2. The summed E-state index contributed by atoms with van der Waals surface area (Å²) in [6.07, 6.45) is 3.80. The van der Waals surface area contributed by atoms with Crippen LogP contribution < -0.4 is 10.2 Å². The van der Waals surface area contributed by atoms with Crippen molar-refractivity contribution >= 4 is 42.2 Å². The zero-order valence-electron chi connectivity index (χ0n) is 11.6. The first-order valence-electron chi connectivity index (χ1n) is 6.46. The van der Waals surface area contributed by atoms with Crippen LogP contribution in [0.15, 0.2) is 24.3 Å². The number of hydrogen-bond donors (Lipinski definition) is 1. The molecule has 0 atom stereocenters. The average Bonchev–Trinajstić information content (AvgIpc) is 2.46. The van der Waals surface area contributed by atoms with E-state index in [9.17, 15) is 4.79 Å². The van der Waals surface area contributed by atoms with Crippen LogP contribution in [0.3, 0.4) is 0 Å². The van der Waals surface area contributed by atoms with Crippen LogP contribution in [0.2, 0.25) is 0 Å². The number of methoxy groups -OCH3 is 1. The van der Waals surface area contributed by atoms with E-state index in [1.165, 1.54) is 32.1 Å². The van der Waals surface area contributed by atoms with Crippen molar-refractivity contribution in [3.63, 3.8) is 0 Å². The molecule has 1 fully saturated rings. The Morgan fingerprint density at radius 2 is 1.85 bits per heavy atom. The summed E-state index contributed by atoms with van der Waals surface area (Å²) in [7, 11) is 1.40. The molecular formula is C14H22Cl2N2O2. The zero-order valence-corrected chi connectivity index (χ0v) is 13.3. The largest absolute Gasteiger partial charge is 0.468 e. The van der Waals surface area contributed by atoms with Gasteiger partial charge in [-0.3, -0.25) is 4.79 Å². The van der Waals surface area contributed by atoms with Gasteiger partial charge in [-0.15, -0.1) is 24.8 Å². The summed E-state index contributed by atoms with van der Waals surface area (Å²) in [5.74, 6) is -0.247. The topological polar surface area (TPSA) is 41.6 Å². The summed E-state index contributed by atoms with van der Waals surface area (Å²) in [5.41, 5.74) is 2.19. The van der Waals surface area contributed by atoms with Gasteiger partial charge in [0.25, 0.3) is 0 Å². The van der Waals surface area contributed by atoms with E-state index in [0.717, 1.165) is 18.8 Å². The molecule has 1 N–H and O–H groups in total. The highest BCUT2D eigenvalue weighted by Gasteiger charge is 2.14. The van der Waals surface area contributed by atoms with E-state index in [2.05, 4.69) is 21.0 Å². The molecule has 0 radical (unpaired) electrons. The van der Waals surface area contributed by atoms with Crippen molar-refractivity contribution in [1.29, 1.82) is 0 Å². The number of hydrogen-bond acceptors (Lipinski definition) is 4. The summed E-state index contributed by atoms with van der Waals surface area (Å²) in [6.45, 7) is 2.40. The Hall–Kier alpha value is -1.13. The summed E-state index contributed by atoms with van der Waals surface area (Å²) in [5, 5.41) is 3.15. The second kappa shape index (κ2) is 9.72. The molecule has 1 saturated heterocycles. The molecule has 114 valence electrons. The third kappa shape index (κ3) is 5.10. The number of halogens is 2. The standard InChI is InChI=1S/C14H20N2O2.2ClH/c1-18-14(17)11-15-12-7-3-4-8-13(12)16-9-5-2-6-10-16;;/h3-4,7-8,15H,2,5-6,9-11H2,1H3;2*1H. The average molecular weight is 321 g/mol. The van der Waals surface area contributed by atoms with Gasteiger partial charge in [0, 0.05) is 13.1 Å². The van der Waals surface area contributed by atoms with Crippen LogP contribution in [-0.2, 0) is 9.53 Å². The Labute approximate surface area is 132 Å². The lowest BCUT2D eigenvalue weighted by molar-refractivity contribution is -0.138. The SMILES string of the molecule is COC(=O)CNc1ccccc1N1CCCCC1.Cl.Cl. The normalized spacial score (nSPS) is 13.8. The monoisotopic (exact) mass is 320 g/mol. The zero-order chi connectivity index (χ0) is 12.8. The summed E-state index contributed by atoms with van der Waals surface area (Å²) in [6, 6.07) is 8.12. The quantitative estimate of drug-likeness (QED) is 0.865. The molecule has 0 aromatic heterocycles. The van der Waals surface area contributed by atoms with E-state index in [-0.39, 0.29) is 37.3 Å². The first kappa shape index (κ1) is 18.9.